The van der Waals surface area contributed by atoms with Crippen LogP contribution in [-0.4, -0.2) is 97.1 Å². The number of anilines is 1. The molecular weight excluding hydrogens is 803 g/mol. The number of hydrogen-bond acceptors (Lipinski definition) is 11. The van der Waals surface area contributed by atoms with Crippen molar-refractivity contribution in [3.8, 4) is 17.6 Å². The van der Waals surface area contributed by atoms with Crippen molar-refractivity contribution >= 4 is 29.6 Å². The van der Waals surface area contributed by atoms with Gasteiger partial charge in [-0.3, -0.25) is 24.2 Å². The normalized spacial score (nSPS) is 22.5. The van der Waals surface area contributed by atoms with Gasteiger partial charge in [0.2, 0.25) is 5.91 Å². The number of morpholine rings is 1. The Hall–Kier alpha value is -6.82. The number of aliphatic hydroxyl groups is 1. The molecule has 13 nitrogen and oxygen atoms in total. The molecule has 2 saturated heterocycles. The van der Waals surface area contributed by atoms with Crippen molar-refractivity contribution in [1.29, 1.82) is 0 Å². The minimum absolute atomic E-state index is 0.0283. The highest BCUT2D eigenvalue weighted by Crippen LogP contribution is 2.66. The number of carboxylic acid groups (broad SMARTS) is 1. The predicted molar refractivity (Wildman–Crippen MR) is 231 cm³/mol. The highest BCUT2D eigenvalue weighted by atomic mass is 16.6. The largest absolute Gasteiger partial charge is 0.491 e. The molecule has 63 heavy (non-hydrogen) atoms. The summed E-state index contributed by atoms with van der Waals surface area (Å²) in [7, 11) is 3.40. The average molecular weight is 850 g/mol. The maximum atomic E-state index is 15.9. The van der Waals surface area contributed by atoms with Gasteiger partial charge in [0, 0.05) is 19.2 Å². The van der Waals surface area contributed by atoms with E-state index in [1.54, 1.807) is 47.4 Å². The van der Waals surface area contributed by atoms with E-state index in [0.717, 1.165) is 10.5 Å². The molecule has 3 aliphatic rings. The van der Waals surface area contributed by atoms with Crippen LogP contribution in [0.15, 0.2) is 133 Å². The summed E-state index contributed by atoms with van der Waals surface area (Å²) in [4.78, 5) is 63.8. The molecule has 1 spiro atoms. The number of cyclic esters (lactones) is 1. The second kappa shape index (κ2) is 18.7. The zero-order valence-electron chi connectivity index (χ0n) is 34.8. The second-order valence-electron chi connectivity index (χ2n) is 15.7. The second-order valence-corrected chi connectivity index (χ2v) is 15.7. The Balaban J connectivity index is 1.35. The summed E-state index contributed by atoms with van der Waals surface area (Å²) in [5, 5.41) is 21.0. The fourth-order valence-electron chi connectivity index (χ4n) is 9.36. The number of methoxy groups -OCH3 is 1. The smallest absolute Gasteiger partial charge is 0.421 e. The lowest BCUT2D eigenvalue weighted by Gasteiger charge is -2.46. The Bertz CT molecular complexity index is 2510. The first kappa shape index (κ1) is 42.9. The van der Waals surface area contributed by atoms with E-state index in [4.69, 9.17) is 18.9 Å². The molecule has 0 unspecified atom stereocenters. The van der Waals surface area contributed by atoms with E-state index in [1.807, 2.05) is 98.0 Å². The summed E-state index contributed by atoms with van der Waals surface area (Å²) in [5.41, 5.74) is 1.59. The standard InChI is InChI=1S/C50H47N3O10/c1-51(32-34-13-6-3-7-14-34)26-12-15-33-20-25-40-39(31-33)50(48(58)52(40)49(59)62-30-29-60-2)41(46(55)56)43-47(57)63-44(36-18-10-5-11-19-36)42(35-16-8-4-9-17-35)53(43)45(50)37-21-23-38(24-22-37)61-28-27-54/h3-11,13-14,16-25,31,41-45,54H,26-30,32H2,1-2H3,(H,55,56)/t41-,42-,43-,44+,45+,50-/m1/s1. The number of esters is 1. The van der Waals surface area contributed by atoms with Crippen LogP contribution in [-0.2, 0) is 40.6 Å². The average Bonchev–Trinajstić information content (AvgIpc) is 3.76. The predicted octanol–water partition coefficient (Wildman–Crippen LogP) is 6.07. The van der Waals surface area contributed by atoms with Gasteiger partial charge < -0.3 is 29.2 Å². The van der Waals surface area contributed by atoms with Gasteiger partial charge in [-0.25, -0.2) is 9.69 Å². The fourth-order valence-corrected chi connectivity index (χ4v) is 9.36. The number of carboxylic acids is 1. The molecule has 2 N–H and O–H groups in total. The van der Waals surface area contributed by atoms with E-state index in [1.165, 1.54) is 7.11 Å². The highest BCUT2D eigenvalue weighted by Gasteiger charge is 2.76. The molecule has 13 heteroatoms. The van der Waals surface area contributed by atoms with Crippen LogP contribution in [0.3, 0.4) is 0 Å². The van der Waals surface area contributed by atoms with Gasteiger partial charge in [-0.1, -0.05) is 115 Å². The summed E-state index contributed by atoms with van der Waals surface area (Å²) in [6.45, 7) is 0.717. The molecule has 0 aromatic heterocycles. The van der Waals surface area contributed by atoms with Crippen LogP contribution in [0.2, 0.25) is 0 Å². The van der Waals surface area contributed by atoms with Gasteiger partial charge in [0.15, 0.2) is 0 Å². The van der Waals surface area contributed by atoms with E-state index >= 15 is 4.79 Å². The van der Waals surface area contributed by atoms with E-state index in [2.05, 4.69) is 16.7 Å². The van der Waals surface area contributed by atoms with Crippen LogP contribution in [0, 0.1) is 17.8 Å². The third-order valence-corrected chi connectivity index (χ3v) is 11.9. The molecule has 8 rings (SSSR count). The van der Waals surface area contributed by atoms with Crippen LogP contribution in [0.1, 0.15) is 51.6 Å². The number of hydrogen-bond donors (Lipinski definition) is 2. The number of aliphatic carboxylic acids is 1. The molecule has 3 aliphatic heterocycles. The first-order valence-corrected chi connectivity index (χ1v) is 20.7. The van der Waals surface area contributed by atoms with E-state index in [9.17, 15) is 24.6 Å². The molecule has 2 amide bonds. The summed E-state index contributed by atoms with van der Waals surface area (Å²) in [6, 6.07) is 36.6. The Labute approximate surface area is 365 Å². The van der Waals surface area contributed by atoms with Crippen LogP contribution in [0.4, 0.5) is 10.5 Å². The highest BCUT2D eigenvalue weighted by molar-refractivity contribution is 6.23. The molecule has 6 atom stereocenters. The van der Waals surface area contributed by atoms with Crippen LogP contribution in [0.5, 0.6) is 5.75 Å². The number of carbonyl (C=O) groups is 4. The van der Waals surface area contributed by atoms with Crippen molar-refractivity contribution in [2.45, 2.75) is 36.2 Å². The molecule has 322 valence electrons. The molecule has 2 fully saturated rings. The molecule has 0 saturated carbocycles. The number of benzene rings is 5. The number of nitrogens with zero attached hydrogens (tertiary/aromatic N) is 3. The number of amides is 2. The minimum atomic E-state index is -2.14. The summed E-state index contributed by atoms with van der Waals surface area (Å²) in [6.07, 6.45) is -1.96. The Morgan fingerprint density at radius 2 is 1.48 bits per heavy atom. The van der Waals surface area contributed by atoms with Crippen molar-refractivity contribution in [1.82, 2.24) is 9.80 Å². The van der Waals surface area contributed by atoms with Crippen LogP contribution >= 0.6 is 0 Å². The van der Waals surface area contributed by atoms with Crippen molar-refractivity contribution in [2.75, 3.05) is 52.0 Å². The zero-order valence-corrected chi connectivity index (χ0v) is 34.8. The van der Waals surface area contributed by atoms with Crippen LogP contribution < -0.4 is 9.64 Å². The Morgan fingerprint density at radius 3 is 2.13 bits per heavy atom. The molecule has 5 aromatic carbocycles. The lowest BCUT2D eigenvalue weighted by atomic mass is 9.65. The Kier molecular flexibility index (Phi) is 12.7. The van der Waals surface area contributed by atoms with E-state index < -0.39 is 59.5 Å². The first-order valence-electron chi connectivity index (χ1n) is 20.7. The number of fused-ring (bicyclic) bond motifs is 3. The van der Waals surface area contributed by atoms with Gasteiger partial charge in [-0.2, -0.15) is 0 Å². The van der Waals surface area contributed by atoms with Crippen molar-refractivity contribution in [2.24, 2.45) is 5.92 Å². The minimum Gasteiger partial charge on any atom is -0.491 e. The number of aliphatic hydroxyl groups excluding tert-OH is 1. The first-order chi connectivity index (χ1) is 30.7. The maximum Gasteiger partial charge on any atom is 0.421 e. The molecule has 0 aliphatic carbocycles. The topological polar surface area (TPSA) is 155 Å². The third kappa shape index (κ3) is 8.06. The van der Waals surface area contributed by atoms with Crippen molar-refractivity contribution in [3.05, 3.63) is 167 Å². The summed E-state index contributed by atoms with van der Waals surface area (Å²) in [5.74, 6) is 1.92. The van der Waals surface area contributed by atoms with E-state index in [0.29, 0.717) is 41.1 Å². The van der Waals surface area contributed by atoms with Gasteiger partial charge in [-0.15, -0.1) is 0 Å². The zero-order chi connectivity index (χ0) is 44.1. The lowest BCUT2D eigenvalue weighted by molar-refractivity contribution is -0.179. The van der Waals surface area contributed by atoms with Gasteiger partial charge in [-0.05, 0) is 65.2 Å². The number of ether oxygens (including phenoxy) is 4. The molecule has 0 radical (unpaired) electrons. The van der Waals surface area contributed by atoms with Gasteiger partial charge in [0.1, 0.15) is 42.4 Å². The lowest BCUT2D eigenvalue weighted by Crippen LogP contribution is -2.53. The van der Waals surface area contributed by atoms with Gasteiger partial charge >= 0.3 is 18.0 Å². The SMILES string of the molecule is COCCOC(=O)N1C(=O)[C@@]2(c3cc(C#CCN(C)Cc4ccccc4)ccc31)[C@H](c1ccc(OCCO)cc1)N1[C@H](c3ccccc3)[C@H](c3ccccc3)OC(=O)[C@H]1[C@@H]2C(=O)O. The molecular formula is C50H47N3O10. The summed E-state index contributed by atoms with van der Waals surface area (Å²) < 4.78 is 22.8. The van der Waals surface area contributed by atoms with Crippen LogP contribution in [0.25, 0.3) is 0 Å². The van der Waals surface area contributed by atoms with Crippen molar-refractivity contribution in [3.63, 3.8) is 0 Å². The quantitative estimate of drug-likeness (QED) is 0.0803. The van der Waals surface area contributed by atoms with Crippen molar-refractivity contribution < 1.29 is 48.3 Å². The number of imide groups is 1. The van der Waals surface area contributed by atoms with E-state index in [-0.39, 0.29) is 37.7 Å². The third-order valence-electron chi connectivity index (χ3n) is 11.9. The summed E-state index contributed by atoms with van der Waals surface area (Å²) >= 11 is 0. The number of carbonyl (C=O) groups excluding carboxylic acids is 3. The molecule has 0 bridgehead atoms. The fraction of sp³-hybridized carbons (Fsp3) is 0.280. The van der Waals surface area contributed by atoms with Gasteiger partial charge in [0.05, 0.1) is 37.5 Å². The maximum absolute atomic E-state index is 15.9. The molecule has 3 heterocycles. The Morgan fingerprint density at radius 1 is 0.810 bits per heavy atom. The number of rotatable bonds is 13. The van der Waals surface area contributed by atoms with Gasteiger partial charge in [0.25, 0.3) is 0 Å². The monoisotopic (exact) mass is 849 g/mol. The molecule has 5 aromatic rings.